The zero-order chi connectivity index (χ0) is 16.4. The van der Waals surface area contributed by atoms with Crippen molar-refractivity contribution < 1.29 is 0 Å². The Morgan fingerprint density at radius 1 is 1.13 bits per heavy atom. The molecule has 5 heteroatoms. The average molecular weight is 311 g/mol. The van der Waals surface area contributed by atoms with Crippen LogP contribution in [0.5, 0.6) is 0 Å². The van der Waals surface area contributed by atoms with E-state index < -0.39 is 0 Å². The van der Waals surface area contributed by atoms with E-state index in [1.807, 2.05) is 19.0 Å². The fourth-order valence-electron chi connectivity index (χ4n) is 3.17. The molecule has 0 saturated carbocycles. The zero-order valence-corrected chi connectivity index (χ0v) is 14.4. The van der Waals surface area contributed by atoms with Crippen LogP contribution in [0.25, 0.3) is 0 Å². The summed E-state index contributed by atoms with van der Waals surface area (Å²) in [5.74, 6) is 1.96. The van der Waals surface area contributed by atoms with Gasteiger partial charge in [-0.3, -0.25) is 0 Å². The maximum Gasteiger partial charge on any atom is 0.134 e. The highest BCUT2D eigenvalue weighted by Gasteiger charge is 2.25. The van der Waals surface area contributed by atoms with Crippen LogP contribution in [0.15, 0.2) is 36.7 Å². The van der Waals surface area contributed by atoms with E-state index in [1.54, 1.807) is 6.33 Å². The Labute approximate surface area is 138 Å². The Bertz CT molecular complexity index is 670. The number of rotatable bonds is 3. The number of aryl methyl sites for hydroxylation is 1. The lowest BCUT2D eigenvalue weighted by Gasteiger charge is -2.42. The molecule has 1 aliphatic heterocycles. The van der Waals surface area contributed by atoms with Gasteiger partial charge in [-0.15, -0.1) is 0 Å². The van der Waals surface area contributed by atoms with Crippen molar-refractivity contribution in [3.8, 4) is 0 Å². The van der Waals surface area contributed by atoms with Crippen LogP contribution in [-0.4, -0.2) is 49.7 Å². The van der Waals surface area contributed by atoms with Crippen LogP contribution < -0.4 is 14.7 Å². The Balaban J connectivity index is 1.77. The third kappa shape index (κ3) is 3.23. The summed E-state index contributed by atoms with van der Waals surface area (Å²) in [6, 6.07) is 11.1. The number of para-hydroxylation sites is 1. The fraction of sp³-hybridized carbons (Fsp3) is 0.444. The van der Waals surface area contributed by atoms with E-state index in [9.17, 15) is 0 Å². The SMILES string of the molecule is Cc1ccccc1N1CCN(c2cc(N(C)C)ncn2)C(C)C1. The van der Waals surface area contributed by atoms with Crippen LogP contribution in [0.1, 0.15) is 12.5 Å². The summed E-state index contributed by atoms with van der Waals surface area (Å²) in [5.41, 5.74) is 2.68. The summed E-state index contributed by atoms with van der Waals surface area (Å²) in [7, 11) is 4.01. The maximum atomic E-state index is 4.48. The molecular formula is C18H25N5. The molecule has 23 heavy (non-hydrogen) atoms. The molecule has 1 atom stereocenters. The van der Waals surface area contributed by atoms with Gasteiger partial charge in [0.2, 0.25) is 0 Å². The first kappa shape index (κ1) is 15.6. The Hall–Kier alpha value is -2.30. The predicted octanol–water partition coefficient (Wildman–Crippen LogP) is 2.57. The Morgan fingerprint density at radius 3 is 2.61 bits per heavy atom. The van der Waals surface area contributed by atoms with E-state index in [0.29, 0.717) is 6.04 Å². The molecule has 2 aromatic rings. The van der Waals surface area contributed by atoms with Crippen molar-refractivity contribution in [3.63, 3.8) is 0 Å². The molecule has 1 unspecified atom stereocenters. The molecule has 0 bridgehead atoms. The third-order valence-electron chi connectivity index (χ3n) is 4.47. The average Bonchev–Trinajstić information content (AvgIpc) is 2.55. The van der Waals surface area contributed by atoms with Gasteiger partial charge < -0.3 is 14.7 Å². The first-order valence-electron chi connectivity index (χ1n) is 8.13. The third-order valence-corrected chi connectivity index (χ3v) is 4.47. The molecule has 0 N–H and O–H groups in total. The first-order chi connectivity index (χ1) is 11.1. The van der Waals surface area contributed by atoms with E-state index in [2.05, 4.69) is 63.9 Å². The lowest BCUT2D eigenvalue weighted by atomic mass is 10.1. The highest BCUT2D eigenvalue weighted by molar-refractivity contribution is 5.56. The molecule has 1 aliphatic rings. The molecule has 0 radical (unpaired) electrons. The number of hydrogen-bond donors (Lipinski definition) is 0. The minimum Gasteiger partial charge on any atom is -0.367 e. The van der Waals surface area contributed by atoms with Crippen molar-refractivity contribution in [2.45, 2.75) is 19.9 Å². The second-order valence-corrected chi connectivity index (χ2v) is 6.40. The fourth-order valence-corrected chi connectivity index (χ4v) is 3.17. The molecule has 122 valence electrons. The Morgan fingerprint density at radius 2 is 1.91 bits per heavy atom. The molecule has 2 heterocycles. The van der Waals surface area contributed by atoms with Gasteiger partial charge in [0.05, 0.1) is 0 Å². The minimum atomic E-state index is 0.410. The summed E-state index contributed by atoms with van der Waals surface area (Å²) < 4.78 is 0. The molecular weight excluding hydrogens is 286 g/mol. The van der Waals surface area contributed by atoms with Crippen LogP contribution in [0, 0.1) is 6.92 Å². The summed E-state index contributed by atoms with van der Waals surface area (Å²) in [4.78, 5) is 15.7. The highest BCUT2D eigenvalue weighted by Crippen LogP contribution is 2.26. The number of piperazine rings is 1. The van der Waals surface area contributed by atoms with E-state index >= 15 is 0 Å². The topological polar surface area (TPSA) is 35.5 Å². The molecule has 1 aromatic carbocycles. The number of benzene rings is 1. The minimum absolute atomic E-state index is 0.410. The summed E-state index contributed by atoms with van der Waals surface area (Å²) in [6.07, 6.45) is 1.66. The molecule has 0 aliphatic carbocycles. The van der Waals surface area contributed by atoms with Gasteiger partial charge in [-0.25, -0.2) is 9.97 Å². The van der Waals surface area contributed by atoms with Gasteiger partial charge in [0.1, 0.15) is 18.0 Å². The van der Waals surface area contributed by atoms with Crippen molar-refractivity contribution >= 4 is 17.3 Å². The molecule has 5 nitrogen and oxygen atoms in total. The quantitative estimate of drug-likeness (QED) is 0.870. The molecule has 1 fully saturated rings. The van der Waals surface area contributed by atoms with Gasteiger partial charge >= 0.3 is 0 Å². The smallest absolute Gasteiger partial charge is 0.134 e. The van der Waals surface area contributed by atoms with E-state index in [1.165, 1.54) is 11.3 Å². The van der Waals surface area contributed by atoms with E-state index in [4.69, 9.17) is 0 Å². The zero-order valence-electron chi connectivity index (χ0n) is 14.4. The second-order valence-electron chi connectivity index (χ2n) is 6.40. The molecule has 1 aromatic heterocycles. The van der Waals surface area contributed by atoms with Gasteiger partial charge in [-0.1, -0.05) is 18.2 Å². The second kappa shape index (κ2) is 6.44. The highest BCUT2D eigenvalue weighted by atomic mass is 15.3. The lowest BCUT2D eigenvalue weighted by Crippen LogP contribution is -2.52. The Kier molecular flexibility index (Phi) is 4.37. The van der Waals surface area contributed by atoms with Crippen LogP contribution in [0.4, 0.5) is 17.3 Å². The van der Waals surface area contributed by atoms with Crippen LogP contribution in [-0.2, 0) is 0 Å². The number of anilines is 3. The summed E-state index contributed by atoms with van der Waals surface area (Å²) in [5, 5.41) is 0. The van der Waals surface area contributed by atoms with Crippen molar-refractivity contribution in [3.05, 3.63) is 42.2 Å². The molecule has 0 spiro atoms. The van der Waals surface area contributed by atoms with Gasteiger partial charge in [0.15, 0.2) is 0 Å². The normalized spacial score (nSPS) is 18.2. The largest absolute Gasteiger partial charge is 0.367 e. The van der Waals surface area contributed by atoms with Gasteiger partial charge in [-0.2, -0.15) is 0 Å². The van der Waals surface area contributed by atoms with Gasteiger partial charge in [0.25, 0.3) is 0 Å². The van der Waals surface area contributed by atoms with Crippen LogP contribution in [0.3, 0.4) is 0 Å². The maximum absolute atomic E-state index is 4.48. The summed E-state index contributed by atoms with van der Waals surface area (Å²) >= 11 is 0. The number of nitrogens with zero attached hydrogens (tertiary/aromatic N) is 5. The van der Waals surface area contributed by atoms with Gasteiger partial charge in [-0.05, 0) is 25.5 Å². The summed E-state index contributed by atoms with van der Waals surface area (Å²) in [6.45, 7) is 7.43. The van der Waals surface area contributed by atoms with Crippen molar-refractivity contribution in [2.75, 3.05) is 48.4 Å². The van der Waals surface area contributed by atoms with Gasteiger partial charge in [0, 0.05) is 51.5 Å². The van der Waals surface area contributed by atoms with Crippen LogP contribution in [0.2, 0.25) is 0 Å². The lowest BCUT2D eigenvalue weighted by molar-refractivity contribution is 0.545. The first-order valence-corrected chi connectivity index (χ1v) is 8.13. The monoisotopic (exact) mass is 311 g/mol. The number of hydrogen-bond acceptors (Lipinski definition) is 5. The van der Waals surface area contributed by atoms with Crippen molar-refractivity contribution in [2.24, 2.45) is 0 Å². The van der Waals surface area contributed by atoms with Crippen LogP contribution >= 0.6 is 0 Å². The molecule has 3 rings (SSSR count). The van der Waals surface area contributed by atoms with E-state index in [-0.39, 0.29) is 0 Å². The predicted molar refractivity (Wildman–Crippen MR) is 96.6 cm³/mol. The molecule has 1 saturated heterocycles. The van der Waals surface area contributed by atoms with E-state index in [0.717, 1.165) is 31.3 Å². The van der Waals surface area contributed by atoms with Crippen molar-refractivity contribution in [1.82, 2.24) is 9.97 Å². The van der Waals surface area contributed by atoms with Crippen molar-refractivity contribution in [1.29, 1.82) is 0 Å². The molecule has 0 amide bonds. The number of aromatic nitrogens is 2. The standard InChI is InChI=1S/C18H25N5/c1-14-7-5-6-8-16(14)22-9-10-23(15(2)12-22)18-11-17(21(3)4)19-13-20-18/h5-8,11,13,15H,9-10,12H2,1-4H3.